The molecule has 12 rings (SSSR count). The fourth-order valence-electron chi connectivity index (χ4n) is 9.87. The van der Waals surface area contributed by atoms with Crippen LogP contribution in [0.1, 0.15) is 12.8 Å². The molecule has 2 heterocycles. The number of hydrogen-bond donors (Lipinski definition) is 0. The van der Waals surface area contributed by atoms with Gasteiger partial charge in [-0.2, -0.15) is 0 Å². The molecule has 0 radical (unpaired) electrons. The van der Waals surface area contributed by atoms with Gasteiger partial charge in [-0.15, -0.1) is 0 Å². The van der Waals surface area contributed by atoms with Gasteiger partial charge in [0.2, 0.25) is 0 Å². The van der Waals surface area contributed by atoms with E-state index in [9.17, 15) is 0 Å². The third-order valence-corrected chi connectivity index (χ3v) is 12.5. The summed E-state index contributed by atoms with van der Waals surface area (Å²) < 4.78 is 5.05. The first-order valence-electron chi connectivity index (χ1n) is 21.5. The Morgan fingerprint density at radius 3 is 1.19 bits per heavy atom. The molecule has 0 atom stereocenters. The Morgan fingerprint density at radius 1 is 0.355 bits per heavy atom. The third-order valence-electron chi connectivity index (χ3n) is 12.5. The number of anilines is 5. The second kappa shape index (κ2) is 14.9. The van der Waals surface area contributed by atoms with Crippen LogP contribution in [0, 0.1) is 0 Å². The molecule has 0 fully saturated rings. The second-order valence-electron chi connectivity index (χ2n) is 16.0. The Labute approximate surface area is 360 Å². The van der Waals surface area contributed by atoms with Gasteiger partial charge in [0.25, 0.3) is 0 Å². The summed E-state index contributed by atoms with van der Waals surface area (Å²) in [5.41, 5.74) is 13.8. The van der Waals surface area contributed by atoms with Crippen LogP contribution in [-0.4, -0.2) is 9.13 Å². The normalized spacial score (nSPS) is 12.7. The van der Waals surface area contributed by atoms with Gasteiger partial charge in [-0.05, 0) is 115 Å². The Hall–Kier alpha value is -8.08. The Morgan fingerprint density at radius 2 is 0.758 bits per heavy atom. The second-order valence-corrected chi connectivity index (χ2v) is 16.0. The predicted octanol–water partition coefficient (Wildman–Crippen LogP) is 15.9. The molecule has 0 N–H and O–H groups in total. The Bertz CT molecular complexity index is 3450. The van der Waals surface area contributed by atoms with Gasteiger partial charge in [0, 0.05) is 67.1 Å². The van der Waals surface area contributed by atoms with Crippen molar-refractivity contribution in [1.29, 1.82) is 0 Å². The van der Waals surface area contributed by atoms with E-state index in [-0.39, 0.29) is 0 Å². The number of nitrogens with zero attached hydrogens (tertiary/aromatic N) is 4. The van der Waals surface area contributed by atoms with E-state index in [0.717, 1.165) is 58.2 Å². The van der Waals surface area contributed by atoms with Crippen molar-refractivity contribution in [2.24, 2.45) is 0 Å². The predicted molar refractivity (Wildman–Crippen MR) is 262 cm³/mol. The van der Waals surface area contributed by atoms with Crippen molar-refractivity contribution < 1.29 is 0 Å². The largest absolute Gasteiger partial charge is 0.314 e. The molecule has 62 heavy (non-hydrogen) atoms. The molecule has 4 heteroatoms. The smallest absolute Gasteiger partial charge is 0.0795 e. The van der Waals surface area contributed by atoms with Crippen molar-refractivity contribution in [2.45, 2.75) is 12.8 Å². The van der Waals surface area contributed by atoms with Crippen molar-refractivity contribution in [3.63, 3.8) is 0 Å². The quantitative estimate of drug-likeness (QED) is 0.152. The minimum absolute atomic E-state index is 0.974. The summed E-state index contributed by atoms with van der Waals surface area (Å²) in [6, 6.07) is 77.2. The molecule has 1 aliphatic carbocycles. The zero-order valence-electron chi connectivity index (χ0n) is 34.1. The van der Waals surface area contributed by atoms with Gasteiger partial charge in [-0.3, -0.25) is 0 Å². The summed E-state index contributed by atoms with van der Waals surface area (Å²) in [5, 5.41) is 7.42. The maximum atomic E-state index is 2.53. The maximum absolute atomic E-state index is 2.53. The molecule has 0 unspecified atom stereocenters. The molecule has 1 aliphatic rings. The number of benzene rings is 9. The van der Waals surface area contributed by atoms with Gasteiger partial charge in [-0.25, -0.2) is 0 Å². The van der Waals surface area contributed by atoms with Crippen molar-refractivity contribution >= 4 is 82.8 Å². The molecule has 11 aromatic rings. The Kier molecular flexibility index (Phi) is 8.60. The van der Waals surface area contributed by atoms with Crippen LogP contribution in [0.3, 0.4) is 0 Å². The summed E-state index contributed by atoms with van der Waals surface area (Å²) in [4.78, 5) is 4.80. The number of para-hydroxylation sites is 5. The van der Waals surface area contributed by atoms with E-state index in [1.165, 1.54) is 54.6 Å². The third kappa shape index (κ3) is 5.76. The van der Waals surface area contributed by atoms with Crippen LogP contribution >= 0.6 is 0 Å². The standard InChI is InChI=1S/C58H42N4/c1-7-21-41(22-8-1)59(42-23-9-2-10-24-42)47-35-37-51-53(39-47)61(45-29-15-5-16-30-45)57-55(51)49-33-19-20-34-50(49)56-52-38-36-48(40-54(52)62(58(56)57)46-31-17-6-18-32-46)60(43-25-11-3-12-26-43)44-27-13-4-14-28-44/h1-13,15-27,29-40H,14,28H2. The minimum atomic E-state index is 0.974. The summed E-state index contributed by atoms with van der Waals surface area (Å²) in [6.45, 7) is 0. The Balaban J connectivity index is 1.24. The lowest BCUT2D eigenvalue weighted by atomic mass is 9.98. The van der Waals surface area contributed by atoms with E-state index in [1.807, 2.05) is 0 Å². The van der Waals surface area contributed by atoms with Crippen LogP contribution in [0.4, 0.5) is 28.4 Å². The number of rotatable bonds is 8. The van der Waals surface area contributed by atoms with Gasteiger partial charge in [0.1, 0.15) is 0 Å². The van der Waals surface area contributed by atoms with E-state index in [4.69, 9.17) is 0 Å². The van der Waals surface area contributed by atoms with Crippen LogP contribution in [0.15, 0.2) is 236 Å². The average molecular weight is 795 g/mol. The van der Waals surface area contributed by atoms with E-state index in [1.54, 1.807) is 0 Å². The summed E-state index contributed by atoms with van der Waals surface area (Å²) in [6.07, 6.45) is 8.72. The number of hydrogen-bond acceptors (Lipinski definition) is 2. The summed E-state index contributed by atoms with van der Waals surface area (Å²) in [5.74, 6) is 0. The van der Waals surface area contributed by atoms with Gasteiger partial charge in [-0.1, -0.05) is 140 Å². The molecule has 0 saturated heterocycles. The van der Waals surface area contributed by atoms with Gasteiger partial charge in [0.15, 0.2) is 0 Å². The lowest BCUT2D eigenvalue weighted by Crippen LogP contribution is -2.17. The molecular formula is C58H42N4. The van der Waals surface area contributed by atoms with Gasteiger partial charge < -0.3 is 18.9 Å². The van der Waals surface area contributed by atoms with Crippen LogP contribution in [0.25, 0.3) is 65.8 Å². The van der Waals surface area contributed by atoms with Crippen LogP contribution < -0.4 is 9.80 Å². The van der Waals surface area contributed by atoms with E-state index in [2.05, 4.69) is 249 Å². The molecule has 0 aliphatic heterocycles. The summed E-state index contributed by atoms with van der Waals surface area (Å²) in [7, 11) is 0. The van der Waals surface area contributed by atoms with E-state index >= 15 is 0 Å². The fourth-order valence-corrected chi connectivity index (χ4v) is 9.87. The molecular weight excluding hydrogens is 753 g/mol. The minimum Gasteiger partial charge on any atom is -0.314 e. The molecule has 0 amide bonds. The first-order valence-corrected chi connectivity index (χ1v) is 21.5. The van der Waals surface area contributed by atoms with Gasteiger partial charge >= 0.3 is 0 Å². The van der Waals surface area contributed by atoms with Crippen molar-refractivity contribution in [3.05, 3.63) is 236 Å². The maximum Gasteiger partial charge on any atom is 0.0795 e. The molecule has 0 saturated carbocycles. The molecule has 0 spiro atoms. The van der Waals surface area contributed by atoms with Gasteiger partial charge in [0.05, 0.1) is 22.1 Å². The van der Waals surface area contributed by atoms with E-state index in [0.29, 0.717) is 0 Å². The zero-order chi connectivity index (χ0) is 41.0. The highest BCUT2D eigenvalue weighted by Gasteiger charge is 2.27. The first-order chi connectivity index (χ1) is 30.8. The topological polar surface area (TPSA) is 16.3 Å². The lowest BCUT2D eigenvalue weighted by molar-refractivity contribution is 0.918. The molecule has 0 bridgehead atoms. The fraction of sp³-hybridized carbons (Fsp3) is 0.0345. The molecule has 294 valence electrons. The summed E-state index contributed by atoms with van der Waals surface area (Å²) >= 11 is 0. The number of aromatic nitrogens is 2. The van der Waals surface area contributed by atoms with Crippen LogP contribution in [-0.2, 0) is 0 Å². The van der Waals surface area contributed by atoms with Crippen molar-refractivity contribution in [2.75, 3.05) is 9.80 Å². The lowest BCUT2D eigenvalue weighted by Gasteiger charge is -2.29. The molecule has 2 aromatic heterocycles. The monoisotopic (exact) mass is 794 g/mol. The van der Waals surface area contributed by atoms with Crippen LogP contribution in [0.5, 0.6) is 0 Å². The zero-order valence-corrected chi connectivity index (χ0v) is 34.1. The van der Waals surface area contributed by atoms with Crippen LogP contribution in [0.2, 0.25) is 0 Å². The van der Waals surface area contributed by atoms with Crippen molar-refractivity contribution in [1.82, 2.24) is 9.13 Å². The van der Waals surface area contributed by atoms with E-state index < -0.39 is 0 Å². The molecule has 4 nitrogen and oxygen atoms in total. The highest BCUT2D eigenvalue weighted by atomic mass is 15.2. The van der Waals surface area contributed by atoms with Crippen molar-refractivity contribution in [3.8, 4) is 11.4 Å². The SMILES string of the molecule is C1=CCCC(N(c2ccccc2)c2ccc3c4c5ccccc5c5c6ccc(N(c7ccccc7)c7ccccc7)cc6n(-c6ccccc6)c5c4n(-c4ccccc4)c3c2)=C1. The number of fused-ring (bicyclic) bond motifs is 10. The average Bonchev–Trinajstić information content (AvgIpc) is 3.87. The highest BCUT2D eigenvalue weighted by molar-refractivity contribution is 6.36. The number of allylic oxidation sites excluding steroid dienone is 4. The molecule has 9 aromatic carbocycles. The first kappa shape index (κ1) is 35.8. The highest BCUT2D eigenvalue weighted by Crippen LogP contribution is 2.49.